The molecule has 0 amide bonds. The number of thiazole rings is 1. The molecule has 0 spiro atoms. The Balaban J connectivity index is 1.39. The maximum atomic E-state index is 13.9. The molecule has 1 unspecified atom stereocenters. The Kier molecular flexibility index (Phi) is 7.38. The minimum absolute atomic E-state index is 0.115. The summed E-state index contributed by atoms with van der Waals surface area (Å²) >= 11 is 7.24. The lowest BCUT2D eigenvalue weighted by Gasteiger charge is -2.24. The van der Waals surface area contributed by atoms with Gasteiger partial charge in [0, 0.05) is 5.02 Å². The second kappa shape index (κ2) is 11.3. The number of fused-ring (bicyclic) bond motifs is 2. The fourth-order valence-corrected chi connectivity index (χ4v) is 5.96. The van der Waals surface area contributed by atoms with Crippen LogP contribution in [0.2, 0.25) is 5.02 Å². The molecule has 2 aliphatic rings. The van der Waals surface area contributed by atoms with Gasteiger partial charge in [0.1, 0.15) is 12.4 Å². The second-order valence-corrected chi connectivity index (χ2v) is 10.8. The number of aromatic nitrogens is 1. The van der Waals surface area contributed by atoms with Crippen LogP contribution in [-0.2, 0) is 16.1 Å². The SMILES string of the molecule is CCOC(=O)C1=C(C)N=c2s/c(=C\c3cccc(OCc4ccc(Cl)cc4)c3)c(=O)n2C1c1ccc2c(c1)OCO2. The summed E-state index contributed by atoms with van der Waals surface area (Å²) in [6, 6.07) is 19.6. The largest absolute Gasteiger partial charge is 0.489 e. The van der Waals surface area contributed by atoms with E-state index < -0.39 is 12.0 Å². The van der Waals surface area contributed by atoms with Crippen molar-refractivity contribution >= 4 is 35.0 Å². The Hall–Kier alpha value is -4.34. The van der Waals surface area contributed by atoms with E-state index >= 15 is 0 Å². The van der Waals surface area contributed by atoms with Crippen LogP contribution in [0.15, 0.2) is 87.8 Å². The van der Waals surface area contributed by atoms with Gasteiger partial charge in [0.05, 0.1) is 28.5 Å². The molecular weight excluding hydrogens is 564 g/mol. The van der Waals surface area contributed by atoms with Gasteiger partial charge in [-0.2, -0.15) is 0 Å². The molecule has 0 N–H and O–H groups in total. The van der Waals surface area contributed by atoms with Gasteiger partial charge in [-0.25, -0.2) is 9.79 Å². The van der Waals surface area contributed by atoms with E-state index in [-0.39, 0.29) is 19.0 Å². The average molecular weight is 589 g/mol. The zero-order chi connectivity index (χ0) is 28.5. The van der Waals surface area contributed by atoms with Gasteiger partial charge in [0.15, 0.2) is 16.3 Å². The van der Waals surface area contributed by atoms with Crippen molar-refractivity contribution in [1.29, 1.82) is 0 Å². The summed E-state index contributed by atoms with van der Waals surface area (Å²) in [6.45, 7) is 4.19. The zero-order valence-electron chi connectivity index (χ0n) is 22.3. The summed E-state index contributed by atoms with van der Waals surface area (Å²) in [6.07, 6.45) is 1.80. The van der Waals surface area contributed by atoms with Gasteiger partial charge >= 0.3 is 5.97 Å². The minimum Gasteiger partial charge on any atom is -0.489 e. The van der Waals surface area contributed by atoms with E-state index in [9.17, 15) is 9.59 Å². The third kappa shape index (κ3) is 5.38. The van der Waals surface area contributed by atoms with E-state index in [1.54, 1.807) is 36.6 Å². The summed E-state index contributed by atoms with van der Waals surface area (Å²) in [5.41, 5.74) is 3.02. The summed E-state index contributed by atoms with van der Waals surface area (Å²) in [7, 11) is 0. The predicted molar refractivity (Wildman–Crippen MR) is 155 cm³/mol. The number of esters is 1. The standard InChI is InChI=1S/C31H25ClN2O6S/c1-3-37-30(36)27-18(2)33-31-34(28(27)21-9-12-24-25(15-21)40-17-39-24)29(35)26(41-31)14-20-5-4-6-23(13-20)38-16-19-7-10-22(32)11-8-19/h4-15,28H,3,16-17H2,1-2H3/b26-14-. The molecule has 0 radical (unpaired) electrons. The molecule has 3 aromatic carbocycles. The van der Waals surface area contributed by atoms with E-state index in [1.165, 1.54) is 11.3 Å². The van der Waals surface area contributed by atoms with Crippen LogP contribution < -0.4 is 29.1 Å². The van der Waals surface area contributed by atoms with Gasteiger partial charge in [-0.1, -0.05) is 53.3 Å². The molecule has 8 nitrogen and oxygen atoms in total. The Morgan fingerprint density at radius 3 is 2.73 bits per heavy atom. The highest BCUT2D eigenvalue weighted by atomic mass is 35.5. The molecule has 4 aromatic rings. The van der Waals surface area contributed by atoms with Crippen LogP contribution in [-0.4, -0.2) is 23.9 Å². The number of rotatable bonds is 7. The van der Waals surface area contributed by atoms with Crippen molar-refractivity contribution < 1.29 is 23.7 Å². The number of allylic oxidation sites excluding steroid dienone is 1. The van der Waals surface area contributed by atoms with Gasteiger partial charge in [0.2, 0.25) is 6.79 Å². The first-order valence-electron chi connectivity index (χ1n) is 13.0. The number of benzene rings is 3. The highest BCUT2D eigenvalue weighted by molar-refractivity contribution is 7.07. The zero-order valence-corrected chi connectivity index (χ0v) is 23.8. The van der Waals surface area contributed by atoms with Crippen molar-refractivity contribution in [2.45, 2.75) is 26.5 Å². The molecule has 0 saturated heterocycles. The topological polar surface area (TPSA) is 88.4 Å². The molecule has 41 heavy (non-hydrogen) atoms. The van der Waals surface area contributed by atoms with Gasteiger partial charge in [0.25, 0.3) is 5.56 Å². The Morgan fingerprint density at radius 1 is 1.12 bits per heavy atom. The molecule has 0 saturated carbocycles. The smallest absolute Gasteiger partial charge is 0.338 e. The predicted octanol–water partition coefficient (Wildman–Crippen LogP) is 4.76. The van der Waals surface area contributed by atoms with E-state index in [4.69, 9.17) is 30.5 Å². The quantitative estimate of drug-likeness (QED) is 0.289. The summed E-state index contributed by atoms with van der Waals surface area (Å²) in [4.78, 5) is 32.2. The first-order chi connectivity index (χ1) is 19.9. The number of halogens is 1. The number of hydrogen-bond acceptors (Lipinski definition) is 8. The molecule has 2 aliphatic heterocycles. The number of carbonyl (C=O) groups excluding carboxylic acids is 1. The van der Waals surface area contributed by atoms with Gasteiger partial charge in [-0.15, -0.1) is 0 Å². The van der Waals surface area contributed by atoms with Crippen molar-refractivity contribution in [2.24, 2.45) is 4.99 Å². The molecule has 1 aromatic heterocycles. The van der Waals surface area contributed by atoms with Gasteiger partial charge < -0.3 is 18.9 Å². The van der Waals surface area contributed by atoms with Gasteiger partial charge in [-0.3, -0.25) is 9.36 Å². The maximum Gasteiger partial charge on any atom is 0.338 e. The lowest BCUT2D eigenvalue weighted by Crippen LogP contribution is -2.39. The Bertz CT molecular complexity index is 1860. The van der Waals surface area contributed by atoms with Crippen molar-refractivity contribution in [3.05, 3.63) is 119 Å². The minimum atomic E-state index is -0.740. The molecule has 0 aliphatic carbocycles. The Labute approximate surface area is 244 Å². The molecular formula is C31H25ClN2O6S. The first-order valence-corrected chi connectivity index (χ1v) is 14.2. The normalized spacial score (nSPS) is 15.9. The first kappa shape index (κ1) is 26.9. The highest BCUT2D eigenvalue weighted by Gasteiger charge is 2.34. The number of nitrogens with zero attached hydrogens (tertiary/aromatic N) is 2. The van der Waals surface area contributed by atoms with E-state index in [1.807, 2.05) is 54.6 Å². The van der Waals surface area contributed by atoms with E-state index in [0.717, 1.165) is 11.1 Å². The third-order valence-electron chi connectivity index (χ3n) is 6.70. The van der Waals surface area contributed by atoms with E-state index in [0.29, 0.717) is 55.0 Å². The molecule has 3 heterocycles. The van der Waals surface area contributed by atoms with Crippen LogP contribution in [0.4, 0.5) is 0 Å². The van der Waals surface area contributed by atoms with Crippen LogP contribution >= 0.6 is 22.9 Å². The van der Waals surface area contributed by atoms with Crippen LogP contribution in [0.3, 0.4) is 0 Å². The van der Waals surface area contributed by atoms with Crippen molar-refractivity contribution in [3.8, 4) is 17.2 Å². The average Bonchev–Trinajstić information content (AvgIpc) is 3.56. The summed E-state index contributed by atoms with van der Waals surface area (Å²) in [5.74, 6) is 1.31. The number of hydrogen-bond donors (Lipinski definition) is 0. The number of carbonyl (C=O) groups is 1. The summed E-state index contributed by atoms with van der Waals surface area (Å²) in [5, 5.41) is 0.669. The summed E-state index contributed by atoms with van der Waals surface area (Å²) < 4.78 is 24.4. The van der Waals surface area contributed by atoms with Crippen LogP contribution in [0.1, 0.15) is 36.6 Å². The highest BCUT2D eigenvalue weighted by Crippen LogP contribution is 2.38. The van der Waals surface area contributed by atoms with E-state index in [2.05, 4.69) is 4.99 Å². The lowest BCUT2D eigenvalue weighted by molar-refractivity contribution is -0.139. The van der Waals surface area contributed by atoms with Crippen molar-refractivity contribution in [3.63, 3.8) is 0 Å². The fraction of sp³-hybridized carbons (Fsp3) is 0.194. The third-order valence-corrected chi connectivity index (χ3v) is 7.94. The van der Waals surface area contributed by atoms with Crippen molar-refractivity contribution in [1.82, 2.24) is 4.57 Å². The maximum absolute atomic E-state index is 13.9. The molecule has 6 rings (SSSR count). The molecule has 0 fully saturated rings. The number of ether oxygens (including phenoxy) is 4. The molecule has 10 heteroatoms. The van der Waals surface area contributed by atoms with Crippen LogP contribution in [0, 0.1) is 0 Å². The van der Waals surface area contributed by atoms with Crippen LogP contribution in [0.5, 0.6) is 17.2 Å². The molecule has 0 bridgehead atoms. The van der Waals surface area contributed by atoms with Crippen molar-refractivity contribution in [2.75, 3.05) is 13.4 Å². The monoisotopic (exact) mass is 588 g/mol. The lowest BCUT2D eigenvalue weighted by atomic mass is 9.95. The second-order valence-electron chi connectivity index (χ2n) is 9.40. The molecule has 1 atom stereocenters. The van der Waals surface area contributed by atoms with Gasteiger partial charge in [-0.05, 0) is 73.0 Å². The van der Waals surface area contributed by atoms with Crippen LogP contribution in [0.25, 0.3) is 6.08 Å². The Morgan fingerprint density at radius 2 is 1.93 bits per heavy atom. The molecule has 208 valence electrons. The fourth-order valence-electron chi connectivity index (χ4n) is 4.78.